The van der Waals surface area contributed by atoms with Gasteiger partial charge in [-0.2, -0.15) is 5.10 Å². The fourth-order valence-electron chi connectivity index (χ4n) is 1.43. The van der Waals surface area contributed by atoms with Crippen LogP contribution in [0.3, 0.4) is 0 Å². The van der Waals surface area contributed by atoms with E-state index >= 15 is 0 Å². The summed E-state index contributed by atoms with van der Waals surface area (Å²) in [5.41, 5.74) is 6.34. The highest BCUT2D eigenvalue weighted by Gasteiger charge is 2.15. The SMILES string of the molecule is Cc1[nH]nc(C(=O)Nc2cc(F)cc(F)c2)c1N. The number of hydrogen-bond acceptors (Lipinski definition) is 3. The molecular formula is C11H10F2N4O. The number of rotatable bonds is 2. The van der Waals surface area contributed by atoms with Crippen molar-refractivity contribution in [2.45, 2.75) is 6.92 Å². The number of aromatic amines is 1. The molecule has 2 rings (SSSR count). The molecule has 2 aromatic rings. The zero-order valence-corrected chi connectivity index (χ0v) is 9.42. The van der Waals surface area contributed by atoms with E-state index in [9.17, 15) is 13.6 Å². The number of halogens is 2. The van der Waals surface area contributed by atoms with Gasteiger partial charge in [-0.25, -0.2) is 8.78 Å². The smallest absolute Gasteiger partial charge is 0.278 e. The van der Waals surface area contributed by atoms with Crippen LogP contribution >= 0.6 is 0 Å². The van der Waals surface area contributed by atoms with Crippen molar-refractivity contribution in [3.63, 3.8) is 0 Å². The van der Waals surface area contributed by atoms with Gasteiger partial charge in [-0.3, -0.25) is 9.89 Å². The van der Waals surface area contributed by atoms with Gasteiger partial charge in [-0.1, -0.05) is 0 Å². The van der Waals surface area contributed by atoms with Crippen LogP contribution < -0.4 is 11.1 Å². The number of amides is 1. The number of hydrogen-bond donors (Lipinski definition) is 3. The summed E-state index contributed by atoms with van der Waals surface area (Å²) < 4.78 is 25.9. The van der Waals surface area contributed by atoms with E-state index in [0.29, 0.717) is 11.8 Å². The van der Waals surface area contributed by atoms with Crippen molar-refractivity contribution in [3.05, 3.63) is 41.2 Å². The van der Waals surface area contributed by atoms with Gasteiger partial charge in [0.1, 0.15) is 11.6 Å². The third kappa shape index (κ3) is 2.29. The molecule has 94 valence electrons. The lowest BCUT2D eigenvalue weighted by molar-refractivity contribution is 0.102. The maximum absolute atomic E-state index is 12.9. The van der Waals surface area contributed by atoms with Crippen molar-refractivity contribution in [2.24, 2.45) is 0 Å². The molecule has 0 radical (unpaired) electrons. The van der Waals surface area contributed by atoms with Crippen molar-refractivity contribution in [1.29, 1.82) is 0 Å². The minimum Gasteiger partial charge on any atom is -0.395 e. The second-order valence-corrected chi connectivity index (χ2v) is 3.72. The molecule has 5 nitrogen and oxygen atoms in total. The number of nitrogens with one attached hydrogen (secondary N) is 2. The van der Waals surface area contributed by atoms with Gasteiger partial charge in [0.2, 0.25) is 0 Å². The number of carbonyl (C=O) groups excluding carboxylic acids is 1. The van der Waals surface area contributed by atoms with Crippen LogP contribution in [0.15, 0.2) is 18.2 Å². The Morgan fingerprint density at radius 1 is 1.33 bits per heavy atom. The minimum absolute atomic E-state index is 0.00227. The Balaban J connectivity index is 2.24. The number of benzene rings is 1. The van der Waals surface area contributed by atoms with E-state index in [1.54, 1.807) is 6.92 Å². The van der Waals surface area contributed by atoms with Crippen molar-refractivity contribution in [2.75, 3.05) is 11.1 Å². The van der Waals surface area contributed by atoms with Crippen LogP contribution in [0.1, 0.15) is 16.2 Å². The molecule has 1 heterocycles. The van der Waals surface area contributed by atoms with Crippen LogP contribution in [0, 0.1) is 18.6 Å². The first-order chi connectivity index (χ1) is 8.47. The number of anilines is 2. The summed E-state index contributed by atoms with van der Waals surface area (Å²) in [5, 5.41) is 8.56. The molecule has 0 aliphatic rings. The lowest BCUT2D eigenvalue weighted by Gasteiger charge is -2.04. The molecule has 0 fully saturated rings. The van der Waals surface area contributed by atoms with E-state index in [4.69, 9.17) is 5.73 Å². The third-order valence-corrected chi connectivity index (χ3v) is 2.33. The Hall–Kier alpha value is -2.44. The highest BCUT2D eigenvalue weighted by atomic mass is 19.1. The van der Waals surface area contributed by atoms with Gasteiger partial charge < -0.3 is 11.1 Å². The summed E-state index contributed by atoms with van der Waals surface area (Å²) in [6.07, 6.45) is 0. The maximum atomic E-state index is 12.9. The average molecular weight is 252 g/mol. The molecule has 0 atom stereocenters. The van der Waals surface area contributed by atoms with Crippen LogP contribution in [0.5, 0.6) is 0 Å². The fourth-order valence-corrected chi connectivity index (χ4v) is 1.43. The summed E-state index contributed by atoms with van der Waals surface area (Å²) in [6, 6.07) is 2.70. The summed E-state index contributed by atoms with van der Waals surface area (Å²) in [6.45, 7) is 1.65. The normalized spacial score (nSPS) is 10.4. The second-order valence-electron chi connectivity index (χ2n) is 3.72. The van der Waals surface area contributed by atoms with Gasteiger partial charge in [0, 0.05) is 11.8 Å². The maximum Gasteiger partial charge on any atom is 0.278 e. The summed E-state index contributed by atoms with van der Waals surface area (Å²) >= 11 is 0. The fraction of sp³-hybridized carbons (Fsp3) is 0.0909. The van der Waals surface area contributed by atoms with E-state index in [2.05, 4.69) is 15.5 Å². The molecule has 1 aromatic carbocycles. The standard InChI is InChI=1S/C11H10F2N4O/c1-5-9(14)10(17-16-5)11(18)15-8-3-6(12)2-7(13)4-8/h2-4H,14H2,1H3,(H,15,18)(H,16,17). The molecule has 7 heteroatoms. The quantitative estimate of drug-likeness (QED) is 0.762. The van der Waals surface area contributed by atoms with Crippen molar-refractivity contribution < 1.29 is 13.6 Å². The predicted octanol–water partition coefficient (Wildman–Crippen LogP) is 1.83. The summed E-state index contributed by atoms with van der Waals surface area (Å²) in [7, 11) is 0. The van der Waals surface area contributed by atoms with Crippen LogP contribution in [-0.2, 0) is 0 Å². The minimum atomic E-state index is -0.781. The van der Waals surface area contributed by atoms with E-state index < -0.39 is 17.5 Å². The van der Waals surface area contributed by atoms with Crippen molar-refractivity contribution in [3.8, 4) is 0 Å². The van der Waals surface area contributed by atoms with Crippen LogP contribution in [-0.4, -0.2) is 16.1 Å². The first kappa shape index (κ1) is 12.0. The van der Waals surface area contributed by atoms with E-state index in [0.717, 1.165) is 12.1 Å². The van der Waals surface area contributed by atoms with Crippen molar-refractivity contribution >= 4 is 17.3 Å². The lowest BCUT2D eigenvalue weighted by atomic mass is 10.2. The van der Waals surface area contributed by atoms with Gasteiger partial charge in [0.05, 0.1) is 11.4 Å². The van der Waals surface area contributed by atoms with Crippen LogP contribution in [0.4, 0.5) is 20.2 Å². The Labute approximate surface area is 101 Å². The first-order valence-electron chi connectivity index (χ1n) is 5.05. The molecular weight excluding hydrogens is 242 g/mol. The second kappa shape index (κ2) is 4.44. The number of nitrogens with zero attached hydrogens (tertiary/aromatic N) is 1. The van der Waals surface area contributed by atoms with Gasteiger partial charge >= 0.3 is 0 Å². The van der Waals surface area contributed by atoms with E-state index in [-0.39, 0.29) is 17.1 Å². The molecule has 0 saturated carbocycles. The Kier molecular flexibility index (Phi) is 2.97. The monoisotopic (exact) mass is 252 g/mol. The number of aryl methyl sites for hydroxylation is 1. The zero-order chi connectivity index (χ0) is 13.3. The van der Waals surface area contributed by atoms with E-state index in [1.807, 2.05) is 0 Å². The largest absolute Gasteiger partial charge is 0.395 e. The molecule has 0 bridgehead atoms. The lowest BCUT2D eigenvalue weighted by Crippen LogP contribution is -2.14. The number of H-pyrrole nitrogens is 1. The number of nitrogen functional groups attached to an aromatic ring is 1. The molecule has 4 N–H and O–H groups in total. The van der Waals surface area contributed by atoms with Crippen LogP contribution in [0.25, 0.3) is 0 Å². The van der Waals surface area contributed by atoms with Crippen molar-refractivity contribution in [1.82, 2.24) is 10.2 Å². The van der Waals surface area contributed by atoms with E-state index in [1.165, 1.54) is 0 Å². The molecule has 18 heavy (non-hydrogen) atoms. The van der Waals surface area contributed by atoms with Gasteiger partial charge in [0.15, 0.2) is 5.69 Å². The Bertz CT molecular complexity index is 589. The first-order valence-corrected chi connectivity index (χ1v) is 5.05. The Morgan fingerprint density at radius 2 is 1.94 bits per heavy atom. The third-order valence-electron chi connectivity index (χ3n) is 2.33. The molecule has 0 saturated heterocycles. The topological polar surface area (TPSA) is 83.8 Å². The predicted molar refractivity (Wildman–Crippen MR) is 62.0 cm³/mol. The average Bonchev–Trinajstić information content (AvgIpc) is 2.58. The highest BCUT2D eigenvalue weighted by molar-refractivity contribution is 6.06. The summed E-state index contributed by atoms with van der Waals surface area (Å²) in [5.74, 6) is -2.20. The molecule has 0 aliphatic carbocycles. The molecule has 0 aliphatic heterocycles. The Morgan fingerprint density at radius 3 is 2.44 bits per heavy atom. The molecule has 0 unspecified atom stereocenters. The van der Waals surface area contributed by atoms with Gasteiger partial charge in [0.25, 0.3) is 5.91 Å². The van der Waals surface area contributed by atoms with Gasteiger partial charge in [-0.05, 0) is 19.1 Å². The summed E-state index contributed by atoms with van der Waals surface area (Å²) in [4.78, 5) is 11.8. The number of carbonyl (C=O) groups is 1. The molecule has 1 amide bonds. The van der Waals surface area contributed by atoms with Crippen LogP contribution in [0.2, 0.25) is 0 Å². The highest BCUT2D eigenvalue weighted by Crippen LogP contribution is 2.17. The zero-order valence-electron chi connectivity index (χ0n) is 9.42. The molecule has 0 spiro atoms. The number of nitrogens with two attached hydrogens (primary N) is 1. The van der Waals surface area contributed by atoms with Gasteiger partial charge in [-0.15, -0.1) is 0 Å². The number of aromatic nitrogens is 2. The molecule has 1 aromatic heterocycles.